The molecule has 0 bridgehead atoms. The van der Waals surface area contributed by atoms with Gasteiger partial charge in [0, 0.05) is 20.1 Å². The third-order valence-electron chi connectivity index (χ3n) is 4.37. The fraction of sp³-hybridized carbons (Fsp3) is 0.350. The highest BCUT2D eigenvalue weighted by Crippen LogP contribution is 2.38. The Labute approximate surface area is 177 Å². The lowest BCUT2D eigenvalue weighted by atomic mass is 10.2. The van der Waals surface area contributed by atoms with E-state index in [0.29, 0.717) is 36.3 Å². The Kier molecular flexibility index (Phi) is 8.31. The number of sulfonamides is 1. The van der Waals surface area contributed by atoms with Crippen LogP contribution in [0.1, 0.15) is 11.1 Å². The topological polar surface area (TPSA) is 110 Å². The molecule has 0 aliphatic rings. The molecule has 0 amide bonds. The quantitative estimate of drug-likeness (QED) is 0.403. The predicted molar refractivity (Wildman–Crippen MR) is 116 cm³/mol. The molecule has 30 heavy (non-hydrogen) atoms. The Morgan fingerprint density at radius 1 is 0.900 bits per heavy atom. The van der Waals surface area contributed by atoms with Crippen LogP contribution >= 0.6 is 0 Å². The second kappa shape index (κ2) is 10.7. The molecule has 2 rings (SSSR count). The average Bonchev–Trinajstić information content (AvgIpc) is 2.78. The molecule has 0 spiro atoms. The standard InChI is InChI=1S/C20H28N4O5S/c1-21-20(23-12-14-6-8-16(9-7-14)30(25,26)22-2)24-13-15-10-17(27-3)19(29-5)18(11-15)28-4/h6-11,22H,12-13H2,1-5H3,(H2,21,23,24). The van der Waals surface area contributed by atoms with Gasteiger partial charge in [-0.15, -0.1) is 0 Å². The van der Waals surface area contributed by atoms with Crippen LogP contribution in [0.4, 0.5) is 0 Å². The Morgan fingerprint density at radius 2 is 1.43 bits per heavy atom. The summed E-state index contributed by atoms with van der Waals surface area (Å²) in [4.78, 5) is 4.43. The van der Waals surface area contributed by atoms with Gasteiger partial charge in [0.2, 0.25) is 15.8 Å². The van der Waals surface area contributed by atoms with Crippen molar-refractivity contribution in [2.75, 3.05) is 35.4 Å². The van der Waals surface area contributed by atoms with Crippen LogP contribution < -0.4 is 29.6 Å². The number of nitrogens with zero attached hydrogens (tertiary/aromatic N) is 1. The molecule has 0 saturated carbocycles. The number of nitrogens with one attached hydrogen (secondary N) is 3. The highest BCUT2D eigenvalue weighted by Gasteiger charge is 2.13. The summed E-state index contributed by atoms with van der Waals surface area (Å²) in [5.74, 6) is 2.28. The molecule has 3 N–H and O–H groups in total. The molecular formula is C20H28N4O5S. The molecule has 0 aliphatic heterocycles. The zero-order valence-electron chi connectivity index (χ0n) is 17.8. The van der Waals surface area contributed by atoms with Gasteiger partial charge >= 0.3 is 0 Å². The van der Waals surface area contributed by atoms with Crippen molar-refractivity contribution in [1.82, 2.24) is 15.4 Å². The van der Waals surface area contributed by atoms with E-state index in [9.17, 15) is 8.42 Å². The van der Waals surface area contributed by atoms with Crippen LogP contribution in [0.15, 0.2) is 46.3 Å². The lowest BCUT2D eigenvalue weighted by molar-refractivity contribution is 0.323. The lowest BCUT2D eigenvalue weighted by Gasteiger charge is -2.16. The monoisotopic (exact) mass is 436 g/mol. The molecule has 164 valence electrons. The van der Waals surface area contributed by atoms with Crippen LogP contribution in [0.5, 0.6) is 17.2 Å². The maximum absolute atomic E-state index is 11.8. The number of benzene rings is 2. The first-order chi connectivity index (χ1) is 14.4. The highest BCUT2D eigenvalue weighted by atomic mass is 32.2. The van der Waals surface area contributed by atoms with E-state index in [1.807, 2.05) is 12.1 Å². The van der Waals surface area contributed by atoms with Crippen LogP contribution in [0.3, 0.4) is 0 Å². The van der Waals surface area contributed by atoms with Crippen molar-refractivity contribution in [1.29, 1.82) is 0 Å². The molecule has 0 radical (unpaired) electrons. The normalized spacial score (nSPS) is 11.7. The number of ether oxygens (including phenoxy) is 3. The smallest absolute Gasteiger partial charge is 0.240 e. The maximum Gasteiger partial charge on any atom is 0.240 e. The van der Waals surface area contributed by atoms with Crippen molar-refractivity contribution in [3.05, 3.63) is 47.5 Å². The van der Waals surface area contributed by atoms with Crippen LogP contribution in [0, 0.1) is 0 Å². The SMILES string of the molecule is CN=C(NCc1ccc(S(=O)(=O)NC)cc1)NCc1cc(OC)c(OC)c(OC)c1. The minimum Gasteiger partial charge on any atom is -0.493 e. The van der Waals surface area contributed by atoms with E-state index in [2.05, 4.69) is 20.3 Å². The summed E-state index contributed by atoms with van der Waals surface area (Å²) in [5.41, 5.74) is 1.84. The predicted octanol–water partition coefficient (Wildman–Crippen LogP) is 1.49. The second-order valence-corrected chi connectivity index (χ2v) is 8.05. The maximum atomic E-state index is 11.8. The molecule has 0 unspecified atom stereocenters. The van der Waals surface area contributed by atoms with Crippen LogP contribution in [0.2, 0.25) is 0 Å². The Morgan fingerprint density at radius 3 is 1.87 bits per heavy atom. The van der Waals surface area contributed by atoms with Crippen molar-refractivity contribution in [2.24, 2.45) is 4.99 Å². The van der Waals surface area contributed by atoms with E-state index < -0.39 is 10.0 Å². The van der Waals surface area contributed by atoms with Gasteiger partial charge in [0.05, 0.1) is 26.2 Å². The first-order valence-corrected chi connectivity index (χ1v) is 10.6. The van der Waals surface area contributed by atoms with E-state index in [1.54, 1.807) is 52.6 Å². The van der Waals surface area contributed by atoms with Gasteiger partial charge in [-0.3, -0.25) is 4.99 Å². The molecular weight excluding hydrogens is 408 g/mol. The zero-order valence-corrected chi connectivity index (χ0v) is 18.6. The van der Waals surface area contributed by atoms with E-state index in [-0.39, 0.29) is 4.90 Å². The summed E-state index contributed by atoms with van der Waals surface area (Å²) in [6.07, 6.45) is 0. The van der Waals surface area contributed by atoms with Gasteiger partial charge in [-0.2, -0.15) is 0 Å². The van der Waals surface area contributed by atoms with Gasteiger partial charge in [0.15, 0.2) is 17.5 Å². The number of rotatable bonds is 9. The summed E-state index contributed by atoms with van der Waals surface area (Å²) in [6, 6.07) is 10.4. The number of hydrogen-bond donors (Lipinski definition) is 3. The van der Waals surface area contributed by atoms with E-state index in [1.165, 1.54) is 7.05 Å². The zero-order chi connectivity index (χ0) is 22.1. The molecule has 10 heteroatoms. The van der Waals surface area contributed by atoms with Gasteiger partial charge in [-0.25, -0.2) is 13.1 Å². The fourth-order valence-electron chi connectivity index (χ4n) is 2.73. The second-order valence-electron chi connectivity index (χ2n) is 6.16. The number of aliphatic imine (C=N–C) groups is 1. The number of guanidine groups is 1. The number of methoxy groups -OCH3 is 3. The summed E-state index contributed by atoms with van der Waals surface area (Å²) >= 11 is 0. The molecule has 0 heterocycles. The Balaban J connectivity index is 2.00. The Hall–Kier alpha value is -2.98. The lowest BCUT2D eigenvalue weighted by Crippen LogP contribution is -2.36. The van der Waals surface area contributed by atoms with Crippen molar-refractivity contribution in [3.63, 3.8) is 0 Å². The average molecular weight is 437 g/mol. The van der Waals surface area contributed by atoms with Gasteiger partial charge in [0.1, 0.15) is 0 Å². The molecule has 0 saturated heterocycles. The van der Waals surface area contributed by atoms with Gasteiger partial charge in [0.25, 0.3) is 0 Å². The van der Waals surface area contributed by atoms with E-state index in [4.69, 9.17) is 14.2 Å². The molecule has 0 aliphatic carbocycles. The van der Waals surface area contributed by atoms with Crippen molar-refractivity contribution in [3.8, 4) is 17.2 Å². The minimum absolute atomic E-state index is 0.221. The summed E-state index contributed by atoms with van der Waals surface area (Å²) in [5, 5.41) is 6.42. The van der Waals surface area contributed by atoms with Crippen molar-refractivity contribution < 1.29 is 22.6 Å². The molecule has 0 atom stereocenters. The van der Waals surface area contributed by atoms with Crippen molar-refractivity contribution >= 4 is 16.0 Å². The molecule has 2 aromatic rings. The first kappa shape index (κ1) is 23.3. The van der Waals surface area contributed by atoms with E-state index in [0.717, 1.165) is 11.1 Å². The molecule has 2 aromatic carbocycles. The molecule has 9 nitrogen and oxygen atoms in total. The summed E-state index contributed by atoms with van der Waals surface area (Å²) < 4.78 is 42.0. The minimum atomic E-state index is -3.44. The van der Waals surface area contributed by atoms with Crippen LogP contribution in [-0.2, 0) is 23.1 Å². The molecule has 0 aromatic heterocycles. The highest BCUT2D eigenvalue weighted by molar-refractivity contribution is 7.89. The van der Waals surface area contributed by atoms with Gasteiger partial charge in [-0.1, -0.05) is 12.1 Å². The van der Waals surface area contributed by atoms with E-state index >= 15 is 0 Å². The molecule has 0 fully saturated rings. The largest absolute Gasteiger partial charge is 0.493 e. The third-order valence-corrected chi connectivity index (χ3v) is 5.80. The number of hydrogen-bond acceptors (Lipinski definition) is 6. The van der Waals surface area contributed by atoms with Gasteiger partial charge < -0.3 is 24.8 Å². The van der Waals surface area contributed by atoms with Crippen LogP contribution in [0.25, 0.3) is 0 Å². The van der Waals surface area contributed by atoms with Crippen molar-refractivity contribution in [2.45, 2.75) is 18.0 Å². The first-order valence-electron chi connectivity index (χ1n) is 9.14. The Bertz CT molecular complexity index is 950. The third kappa shape index (κ3) is 5.77. The fourth-order valence-corrected chi connectivity index (χ4v) is 3.46. The van der Waals surface area contributed by atoms with Crippen LogP contribution in [-0.4, -0.2) is 49.8 Å². The summed E-state index contributed by atoms with van der Waals surface area (Å²) in [6.45, 7) is 0.963. The van der Waals surface area contributed by atoms with Gasteiger partial charge in [-0.05, 0) is 42.4 Å². The summed E-state index contributed by atoms with van der Waals surface area (Å²) in [7, 11) is 4.32.